The molecule has 3 aromatic carbocycles. The Labute approximate surface area is 327 Å². The molecule has 0 radical (unpaired) electrons. The molecule has 0 spiro atoms. The molecule has 6 rings (SSSR count). The van der Waals surface area contributed by atoms with Gasteiger partial charge in [0.2, 0.25) is 5.95 Å². The monoisotopic (exact) mass is 766 g/mol. The summed E-state index contributed by atoms with van der Waals surface area (Å²) in [7, 11) is -2.75. The minimum atomic E-state index is -2.75. The van der Waals surface area contributed by atoms with E-state index in [4.69, 9.17) is 23.6 Å². The maximum atomic E-state index is 13.3. The molecule has 55 heavy (non-hydrogen) atoms. The summed E-state index contributed by atoms with van der Waals surface area (Å²) in [5.41, 5.74) is 1.33. The molecule has 0 N–H and O–H groups in total. The fourth-order valence-electron chi connectivity index (χ4n) is 8.04. The Hall–Kier alpha value is -4.16. The van der Waals surface area contributed by atoms with Crippen molar-refractivity contribution in [2.75, 3.05) is 31.2 Å². The second-order valence-electron chi connectivity index (χ2n) is 18.0. The number of carbonyl (C=O) groups excluding carboxylic acids is 2. The molecule has 2 atom stereocenters. The van der Waals surface area contributed by atoms with Crippen molar-refractivity contribution in [1.82, 2.24) is 14.9 Å². The fourth-order valence-corrected chi connectivity index (χ4v) is 12.7. The largest absolute Gasteiger partial charge is 0.443 e. The summed E-state index contributed by atoms with van der Waals surface area (Å²) in [6, 6.07) is 26.0. The van der Waals surface area contributed by atoms with Crippen LogP contribution in [0.1, 0.15) is 92.2 Å². The van der Waals surface area contributed by atoms with Crippen molar-refractivity contribution in [3.63, 3.8) is 0 Å². The maximum Gasteiger partial charge on any atom is 0.427 e. The molecule has 1 aromatic heterocycles. The van der Waals surface area contributed by atoms with Crippen LogP contribution in [0.3, 0.4) is 0 Å². The summed E-state index contributed by atoms with van der Waals surface area (Å²) in [6.07, 6.45) is 1.73. The Balaban J connectivity index is 1.23. The van der Waals surface area contributed by atoms with Crippen LogP contribution >= 0.6 is 0 Å². The maximum absolute atomic E-state index is 13.3. The highest BCUT2D eigenvalue weighted by Gasteiger charge is 2.53. The van der Waals surface area contributed by atoms with Crippen molar-refractivity contribution < 1.29 is 28.2 Å². The van der Waals surface area contributed by atoms with Crippen LogP contribution in [0.5, 0.6) is 0 Å². The summed E-state index contributed by atoms with van der Waals surface area (Å²) in [4.78, 5) is 39.2. The lowest BCUT2D eigenvalue weighted by molar-refractivity contribution is 0.0427. The van der Waals surface area contributed by atoms with Crippen LogP contribution in [0.2, 0.25) is 5.04 Å². The summed E-state index contributed by atoms with van der Waals surface area (Å²) in [5.74, 6) is 0.221. The molecule has 0 bridgehead atoms. The third kappa shape index (κ3) is 8.96. The third-order valence-corrected chi connectivity index (χ3v) is 15.6. The van der Waals surface area contributed by atoms with Crippen LogP contribution < -0.4 is 15.3 Å². The average molecular weight is 767 g/mol. The van der Waals surface area contributed by atoms with Gasteiger partial charge in [0, 0.05) is 11.6 Å². The number of aromatic nitrogens is 2. The topological polar surface area (TPSA) is 103 Å². The second-order valence-corrected chi connectivity index (χ2v) is 22.2. The second kappa shape index (κ2) is 15.8. The van der Waals surface area contributed by atoms with E-state index >= 15 is 0 Å². The van der Waals surface area contributed by atoms with Crippen molar-refractivity contribution in [2.24, 2.45) is 0 Å². The van der Waals surface area contributed by atoms with E-state index in [2.05, 4.69) is 110 Å². The highest BCUT2D eigenvalue weighted by Crippen LogP contribution is 2.40. The van der Waals surface area contributed by atoms with Crippen LogP contribution in [-0.2, 0) is 18.6 Å². The zero-order valence-corrected chi connectivity index (χ0v) is 35.2. The molecule has 10 nitrogen and oxygen atoms in total. The first-order valence-corrected chi connectivity index (χ1v) is 21.4. The van der Waals surface area contributed by atoms with Gasteiger partial charge in [0.25, 0.3) is 8.32 Å². The van der Waals surface area contributed by atoms with Crippen molar-refractivity contribution in [3.8, 4) is 0 Å². The number of benzene rings is 3. The van der Waals surface area contributed by atoms with Crippen LogP contribution in [0.4, 0.5) is 15.5 Å². The first-order valence-electron chi connectivity index (χ1n) is 19.5. The SMILES string of the molecule is Cc1cc2cnc(N(C(=O)OC(C)(C)C)C(=O)OC(C)(C)C)nc2cc1C1CCN([C@@H]2COC[C@@H]2O[Si](c2ccccc2)(c2ccccc2)C(C)(C)C)CC1. The summed E-state index contributed by atoms with van der Waals surface area (Å²) in [6.45, 7) is 22.6. The van der Waals surface area contributed by atoms with Crippen LogP contribution in [0.15, 0.2) is 79.0 Å². The third-order valence-electron chi connectivity index (χ3n) is 10.5. The zero-order chi connectivity index (χ0) is 39.8. The molecule has 0 saturated carbocycles. The van der Waals surface area contributed by atoms with Crippen molar-refractivity contribution in [3.05, 3.63) is 90.1 Å². The Kier molecular flexibility index (Phi) is 11.6. The molecule has 2 saturated heterocycles. The summed E-state index contributed by atoms with van der Waals surface area (Å²) < 4.78 is 25.0. The standard InChI is InChI=1S/C44H58N4O6Si/c1-30-25-32-27-45-39(48(40(49)52-42(2,3)4)41(50)53-43(5,6)7)46-36(32)26-35(30)31-21-23-47(24-22-31)37-28-51-29-38(37)54-55(44(8,9)10,33-17-13-11-14-18-33)34-19-15-12-16-20-34/h11-20,25-27,31,37-38H,21-24,28-29H2,1-10H3/t37-,38+/m1/s1. The number of aryl methyl sites for hydroxylation is 1. The predicted octanol–water partition coefficient (Wildman–Crippen LogP) is 8.14. The van der Waals surface area contributed by atoms with Gasteiger partial charge < -0.3 is 18.6 Å². The number of piperidine rings is 1. The highest BCUT2D eigenvalue weighted by atomic mass is 28.4. The van der Waals surface area contributed by atoms with Gasteiger partial charge in [-0.2, -0.15) is 0 Å². The lowest BCUT2D eigenvalue weighted by Gasteiger charge is -2.46. The van der Waals surface area contributed by atoms with E-state index in [0.717, 1.165) is 41.8 Å². The van der Waals surface area contributed by atoms with Gasteiger partial charge in [-0.25, -0.2) is 19.6 Å². The zero-order valence-electron chi connectivity index (χ0n) is 34.2. The molecule has 294 valence electrons. The minimum Gasteiger partial charge on any atom is -0.443 e. The van der Waals surface area contributed by atoms with Gasteiger partial charge in [-0.1, -0.05) is 81.4 Å². The van der Waals surface area contributed by atoms with E-state index < -0.39 is 31.7 Å². The normalized spacial score (nSPS) is 19.0. The van der Waals surface area contributed by atoms with E-state index in [9.17, 15) is 9.59 Å². The molecule has 0 aliphatic carbocycles. The number of anilines is 1. The number of carbonyl (C=O) groups is 2. The first-order chi connectivity index (χ1) is 25.9. The van der Waals surface area contributed by atoms with Crippen LogP contribution in [-0.4, -0.2) is 85.0 Å². The number of likely N-dealkylation sites (tertiary alicyclic amines) is 1. The van der Waals surface area contributed by atoms with Gasteiger partial charge in [-0.15, -0.1) is 4.90 Å². The highest BCUT2D eigenvalue weighted by molar-refractivity contribution is 6.99. The number of imide groups is 1. The van der Waals surface area contributed by atoms with Crippen molar-refractivity contribution in [2.45, 2.75) is 116 Å². The molecule has 2 fully saturated rings. The minimum absolute atomic E-state index is 0.0572. The van der Waals surface area contributed by atoms with Gasteiger partial charge in [0.05, 0.1) is 30.9 Å². The Morgan fingerprint density at radius 3 is 1.85 bits per heavy atom. The smallest absolute Gasteiger partial charge is 0.427 e. The van der Waals surface area contributed by atoms with Crippen LogP contribution in [0, 0.1) is 6.92 Å². The Morgan fingerprint density at radius 1 is 0.800 bits per heavy atom. The molecule has 11 heteroatoms. The molecule has 3 heterocycles. The number of ether oxygens (including phenoxy) is 3. The molecular weight excluding hydrogens is 709 g/mol. The molecule has 0 unspecified atom stereocenters. The van der Waals surface area contributed by atoms with Gasteiger partial charge >= 0.3 is 12.2 Å². The Morgan fingerprint density at radius 2 is 1.35 bits per heavy atom. The lowest BCUT2D eigenvalue weighted by Crippen LogP contribution is -2.69. The van der Waals surface area contributed by atoms with Gasteiger partial charge in [-0.3, -0.25) is 4.90 Å². The van der Waals surface area contributed by atoms with Crippen molar-refractivity contribution >= 4 is 47.7 Å². The summed E-state index contributed by atoms with van der Waals surface area (Å²) in [5, 5.41) is 3.25. The Bertz CT molecular complexity index is 1900. The fraction of sp³-hybridized carbons (Fsp3) is 0.500. The summed E-state index contributed by atoms with van der Waals surface area (Å²) >= 11 is 0. The van der Waals surface area contributed by atoms with Crippen LogP contribution in [0.25, 0.3) is 10.9 Å². The number of amides is 2. The van der Waals surface area contributed by atoms with Gasteiger partial charge in [0.15, 0.2) is 0 Å². The number of fused-ring (bicyclic) bond motifs is 1. The molecule has 4 aromatic rings. The van der Waals surface area contributed by atoms with E-state index in [1.165, 1.54) is 15.9 Å². The number of rotatable bonds is 7. The molecule has 2 aliphatic rings. The van der Waals surface area contributed by atoms with Gasteiger partial charge in [0.1, 0.15) is 11.2 Å². The first kappa shape index (κ1) is 40.5. The lowest BCUT2D eigenvalue weighted by atomic mass is 9.85. The van der Waals surface area contributed by atoms with E-state index in [1.807, 2.05) is 0 Å². The number of hydrogen-bond acceptors (Lipinski definition) is 9. The molecular formula is C44H58N4O6Si. The number of nitrogens with zero attached hydrogens (tertiary/aromatic N) is 4. The van der Waals surface area contributed by atoms with E-state index in [-0.39, 0.29) is 23.1 Å². The van der Waals surface area contributed by atoms with E-state index in [1.54, 1.807) is 47.7 Å². The average Bonchev–Trinajstić information content (AvgIpc) is 3.57. The predicted molar refractivity (Wildman–Crippen MR) is 220 cm³/mol. The number of hydrogen-bond donors (Lipinski definition) is 0. The van der Waals surface area contributed by atoms with Gasteiger partial charge in [-0.05, 0) is 119 Å². The van der Waals surface area contributed by atoms with Crippen molar-refractivity contribution in [1.29, 1.82) is 0 Å². The van der Waals surface area contributed by atoms with E-state index in [0.29, 0.717) is 24.6 Å². The quantitative estimate of drug-likeness (QED) is 0.173. The molecule has 2 amide bonds. The molecule has 2 aliphatic heterocycles.